The van der Waals surface area contributed by atoms with Crippen molar-refractivity contribution in [3.8, 4) is 11.4 Å². The molecule has 0 saturated carbocycles. The van der Waals surface area contributed by atoms with Crippen molar-refractivity contribution in [1.82, 2.24) is 9.55 Å². The van der Waals surface area contributed by atoms with Gasteiger partial charge in [-0.1, -0.05) is 36.9 Å². The summed E-state index contributed by atoms with van der Waals surface area (Å²) in [6.07, 6.45) is 1.72. The number of nitrogens with zero attached hydrogens (tertiary/aromatic N) is 2. The van der Waals surface area contributed by atoms with Gasteiger partial charge in [-0.3, -0.25) is 0 Å². The maximum Gasteiger partial charge on any atom is 0.337 e. The summed E-state index contributed by atoms with van der Waals surface area (Å²) in [5, 5.41) is 8.93. The van der Waals surface area contributed by atoms with Gasteiger partial charge in [0, 0.05) is 18.3 Å². The Morgan fingerprint density at radius 3 is 2.61 bits per heavy atom. The number of hydrogen-bond donors (Lipinski definition) is 1. The van der Waals surface area contributed by atoms with E-state index in [1.54, 1.807) is 6.20 Å². The monoisotopic (exact) mass is 242 g/mol. The van der Waals surface area contributed by atoms with Crippen LogP contribution in [0.3, 0.4) is 0 Å². The van der Waals surface area contributed by atoms with Crippen LogP contribution in [0.2, 0.25) is 0 Å². The zero-order chi connectivity index (χ0) is 13.1. The Balaban J connectivity index is 2.49. The number of benzene rings is 1. The molecule has 2 aromatic rings. The van der Waals surface area contributed by atoms with E-state index in [4.69, 9.17) is 5.11 Å². The summed E-state index contributed by atoms with van der Waals surface area (Å²) in [5.74, 6) is -0.286. The lowest BCUT2D eigenvalue weighted by Crippen LogP contribution is -1.98. The SMILES string of the molecule is C=C(C(=O)O)c1cn(CC)c(-c2ccccc2)n1. The highest BCUT2D eigenvalue weighted by Crippen LogP contribution is 2.21. The molecule has 0 aliphatic heterocycles. The maximum absolute atomic E-state index is 10.9. The first-order chi connectivity index (χ1) is 8.63. The van der Waals surface area contributed by atoms with Crippen LogP contribution in [0, 0.1) is 0 Å². The molecule has 0 atom stereocenters. The van der Waals surface area contributed by atoms with Crippen molar-refractivity contribution in [2.75, 3.05) is 0 Å². The van der Waals surface area contributed by atoms with Gasteiger partial charge < -0.3 is 9.67 Å². The zero-order valence-electron chi connectivity index (χ0n) is 10.1. The zero-order valence-corrected chi connectivity index (χ0v) is 10.1. The highest BCUT2D eigenvalue weighted by atomic mass is 16.4. The Hall–Kier alpha value is -2.36. The highest BCUT2D eigenvalue weighted by Gasteiger charge is 2.14. The number of aliphatic carboxylic acids is 1. The second kappa shape index (κ2) is 4.87. The molecule has 18 heavy (non-hydrogen) atoms. The maximum atomic E-state index is 10.9. The number of rotatable bonds is 4. The molecule has 1 N–H and O–H groups in total. The number of imidazole rings is 1. The van der Waals surface area contributed by atoms with Crippen LogP contribution in [0.15, 0.2) is 43.1 Å². The van der Waals surface area contributed by atoms with Crippen molar-refractivity contribution >= 4 is 11.5 Å². The number of hydrogen-bond acceptors (Lipinski definition) is 2. The van der Waals surface area contributed by atoms with Crippen molar-refractivity contribution in [2.24, 2.45) is 0 Å². The van der Waals surface area contributed by atoms with Crippen LogP contribution in [0.1, 0.15) is 12.6 Å². The van der Waals surface area contributed by atoms with Gasteiger partial charge in [0.05, 0.1) is 11.3 Å². The minimum Gasteiger partial charge on any atom is -0.478 e. The van der Waals surface area contributed by atoms with Gasteiger partial charge in [0.15, 0.2) is 0 Å². The van der Waals surface area contributed by atoms with Gasteiger partial charge in [-0.05, 0) is 6.92 Å². The smallest absolute Gasteiger partial charge is 0.337 e. The fraction of sp³-hybridized carbons (Fsp3) is 0.143. The molecular weight excluding hydrogens is 228 g/mol. The van der Waals surface area contributed by atoms with Crippen LogP contribution in [0.5, 0.6) is 0 Å². The lowest BCUT2D eigenvalue weighted by Gasteiger charge is -2.03. The van der Waals surface area contributed by atoms with Crippen molar-refractivity contribution in [3.63, 3.8) is 0 Å². The number of carbonyl (C=O) groups is 1. The summed E-state index contributed by atoms with van der Waals surface area (Å²) in [6, 6.07) is 9.68. The molecule has 0 radical (unpaired) electrons. The summed E-state index contributed by atoms with van der Waals surface area (Å²) >= 11 is 0. The molecule has 0 aliphatic carbocycles. The van der Waals surface area contributed by atoms with Gasteiger partial charge >= 0.3 is 5.97 Å². The van der Waals surface area contributed by atoms with E-state index in [1.165, 1.54) is 0 Å². The Morgan fingerprint density at radius 2 is 2.06 bits per heavy atom. The van der Waals surface area contributed by atoms with Gasteiger partial charge in [-0.25, -0.2) is 9.78 Å². The van der Waals surface area contributed by atoms with Crippen molar-refractivity contribution in [1.29, 1.82) is 0 Å². The van der Waals surface area contributed by atoms with Gasteiger partial charge in [0.25, 0.3) is 0 Å². The molecule has 2 rings (SSSR count). The van der Waals surface area contributed by atoms with Gasteiger partial charge in [-0.2, -0.15) is 0 Å². The standard InChI is InChI=1S/C14H14N2O2/c1-3-16-9-12(10(2)14(17)18)15-13(16)11-7-5-4-6-8-11/h4-9H,2-3H2,1H3,(H,17,18). The molecule has 0 amide bonds. The summed E-state index contributed by atoms with van der Waals surface area (Å²) < 4.78 is 1.92. The van der Waals surface area contributed by atoms with Gasteiger partial charge in [-0.15, -0.1) is 0 Å². The third kappa shape index (κ3) is 2.18. The molecule has 1 heterocycles. The minimum absolute atomic E-state index is 0.0133. The average Bonchev–Trinajstić information content (AvgIpc) is 2.82. The first kappa shape index (κ1) is 12.1. The molecule has 0 spiro atoms. The molecule has 1 aromatic carbocycles. The third-order valence-corrected chi connectivity index (χ3v) is 2.72. The predicted octanol–water partition coefficient (Wildman–Crippen LogP) is 2.67. The number of aromatic nitrogens is 2. The summed E-state index contributed by atoms with van der Waals surface area (Å²) in [7, 11) is 0. The van der Waals surface area contributed by atoms with Crippen molar-refractivity contribution in [3.05, 3.63) is 48.8 Å². The molecule has 1 aromatic heterocycles. The first-order valence-corrected chi connectivity index (χ1v) is 5.68. The van der Waals surface area contributed by atoms with Crippen LogP contribution in [-0.4, -0.2) is 20.6 Å². The Labute approximate surface area is 105 Å². The van der Waals surface area contributed by atoms with Crippen LogP contribution < -0.4 is 0 Å². The molecule has 4 heteroatoms. The molecule has 92 valence electrons. The second-order valence-electron chi connectivity index (χ2n) is 3.89. The van der Waals surface area contributed by atoms with E-state index in [0.717, 1.165) is 17.9 Å². The van der Waals surface area contributed by atoms with E-state index in [1.807, 2.05) is 41.8 Å². The van der Waals surface area contributed by atoms with Crippen LogP contribution >= 0.6 is 0 Å². The molecule has 0 unspecified atom stereocenters. The van der Waals surface area contributed by atoms with E-state index >= 15 is 0 Å². The molecular formula is C14H14N2O2. The van der Waals surface area contributed by atoms with Crippen molar-refractivity contribution < 1.29 is 9.90 Å². The average molecular weight is 242 g/mol. The number of carboxylic acids is 1. The van der Waals surface area contributed by atoms with E-state index in [-0.39, 0.29) is 5.57 Å². The Bertz CT molecular complexity index is 585. The van der Waals surface area contributed by atoms with Crippen LogP contribution in [-0.2, 0) is 11.3 Å². The molecule has 0 fully saturated rings. The minimum atomic E-state index is -1.05. The largest absolute Gasteiger partial charge is 0.478 e. The fourth-order valence-corrected chi connectivity index (χ4v) is 1.73. The normalized spacial score (nSPS) is 10.3. The third-order valence-electron chi connectivity index (χ3n) is 2.72. The topological polar surface area (TPSA) is 55.1 Å². The lowest BCUT2D eigenvalue weighted by atomic mass is 10.2. The second-order valence-corrected chi connectivity index (χ2v) is 3.89. The Morgan fingerprint density at radius 1 is 1.39 bits per heavy atom. The molecule has 0 bridgehead atoms. The first-order valence-electron chi connectivity index (χ1n) is 5.68. The lowest BCUT2D eigenvalue weighted by molar-refractivity contribution is -0.130. The molecule has 0 saturated heterocycles. The number of aryl methyl sites for hydroxylation is 1. The van der Waals surface area contributed by atoms with Gasteiger partial charge in [0.1, 0.15) is 5.82 Å². The summed E-state index contributed by atoms with van der Waals surface area (Å²) in [5.41, 5.74) is 1.38. The summed E-state index contributed by atoms with van der Waals surface area (Å²) in [6.45, 7) is 6.25. The van der Waals surface area contributed by atoms with Gasteiger partial charge in [0.2, 0.25) is 0 Å². The Kier molecular flexibility index (Phi) is 3.28. The predicted molar refractivity (Wildman–Crippen MR) is 70.0 cm³/mol. The van der Waals surface area contributed by atoms with Crippen LogP contribution in [0.25, 0.3) is 17.0 Å². The van der Waals surface area contributed by atoms with E-state index in [2.05, 4.69) is 11.6 Å². The van der Waals surface area contributed by atoms with Crippen LogP contribution in [0.4, 0.5) is 0 Å². The molecule has 4 nitrogen and oxygen atoms in total. The fourth-order valence-electron chi connectivity index (χ4n) is 1.73. The summed E-state index contributed by atoms with van der Waals surface area (Å²) in [4.78, 5) is 15.3. The van der Waals surface area contributed by atoms with E-state index in [0.29, 0.717) is 5.69 Å². The molecule has 0 aliphatic rings. The van der Waals surface area contributed by atoms with Crippen molar-refractivity contribution in [2.45, 2.75) is 13.5 Å². The highest BCUT2D eigenvalue weighted by molar-refractivity contribution is 6.13. The van der Waals surface area contributed by atoms with E-state index < -0.39 is 5.97 Å². The van der Waals surface area contributed by atoms with E-state index in [9.17, 15) is 4.79 Å². The quantitative estimate of drug-likeness (QED) is 0.838. The number of carboxylic acid groups (broad SMARTS) is 1.